The van der Waals surface area contributed by atoms with E-state index in [-0.39, 0.29) is 24.4 Å². The number of benzene rings is 1. The van der Waals surface area contributed by atoms with Crippen LogP contribution >= 0.6 is 0 Å². The number of pyridine rings is 1. The Labute approximate surface area is 169 Å². The molecule has 1 atom stereocenters. The third-order valence-electron chi connectivity index (χ3n) is 5.87. The Bertz CT molecular complexity index is 936. The van der Waals surface area contributed by atoms with Gasteiger partial charge in [0.15, 0.2) is 6.73 Å². The molecule has 7 heteroatoms. The maximum atomic E-state index is 12.5. The van der Waals surface area contributed by atoms with Crippen LogP contribution in [-0.4, -0.2) is 42.5 Å². The second-order valence-corrected chi connectivity index (χ2v) is 8.02. The number of anilines is 1. The number of esters is 1. The summed E-state index contributed by atoms with van der Waals surface area (Å²) in [5.41, 5.74) is 2.59. The van der Waals surface area contributed by atoms with Crippen molar-refractivity contribution in [3.05, 3.63) is 35.4 Å². The largest absolute Gasteiger partial charge is 0.507 e. The zero-order chi connectivity index (χ0) is 19.8. The first-order valence-corrected chi connectivity index (χ1v) is 10.3. The molecule has 3 N–H and O–H groups in total. The highest BCUT2D eigenvalue weighted by molar-refractivity contribution is 5.98. The molecule has 1 aromatic carbocycles. The quantitative estimate of drug-likeness (QED) is 0.669. The highest BCUT2D eigenvalue weighted by Crippen LogP contribution is 2.42. The first-order chi connectivity index (χ1) is 14.2. The number of cyclic esters (lactones) is 1. The average Bonchev–Trinajstić information content (AvgIpc) is 3.57. The Hall–Kier alpha value is -2.80. The van der Waals surface area contributed by atoms with E-state index in [9.17, 15) is 9.90 Å². The van der Waals surface area contributed by atoms with Gasteiger partial charge in [-0.05, 0) is 67.8 Å². The Morgan fingerprint density at radius 1 is 1.24 bits per heavy atom. The molecule has 1 aliphatic carbocycles. The van der Waals surface area contributed by atoms with Crippen molar-refractivity contribution in [2.45, 2.75) is 31.6 Å². The van der Waals surface area contributed by atoms with Gasteiger partial charge in [0.2, 0.25) is 0 Å². The van der Waals surface area contributed by atoms with Crippen molar-refractivity contribution in [2.24, 2.45) is 5.92 Å². The average molecular weight is 395 g/mol. The number of carbonyl (C=O) groups is 1. The summed E-state index contributed by atoms with van der Waals surface area (Å²) in [4.78, 5) is 17.2. The summed E-state index contributed by atoms with van der Waals surface area (Å²) in [5.74, 6) is 1.69. The van der Waals surface area contributed by atoms with Crippen LogP contribution in [0, 0.1) is 5.92 Å². The second-order valence-electron chi connectivity index (χ2n) is 8.02. The number of hydrogen-bond donors (Lipinski definition) is 3. The topological polar surface area (TPSA) is 92.7 Å². The third-order valence-corrected chi connectivity index (χ3v) is 5.87. The number of piperidine rings is 1. The molecule has 0 bridgehead atoms. The molecule has 0 radical (unpaired) electrons. The predicted molar refractivity (Wildman–Crippen MR) is 108 cm³/mol. The number of aromatic hydroxyl groups is 1. The summed E-state index contributed by atoms with van der Waals surface area (Å²) in [6.45, 7) is 2.52. The number of carbonyl (C=O) groups excluding carboxylic acids is 1. The Balaban J connectivity index is 1.61. The summed E-state index contributed by atoms with van der Waals surface area (Å²) < 4.78 is 11.2. The summed E-state index contributed by atoms with van der Waals surface area (Å²) in [6.07, 6.45) is 4.42. The van der Waals surface area contributed by atoms with E-state index >= 15 is 0 Å². The summed E-state index contributed by atoms with van der Waals surface area (Å²) in [7, 11) is 0. The number of hydrogen-bond acceptors (Lipinski definition) is 7. The zero-order valence-electron chi connectivity index (χ0n) is 16.2. The van der Waals surface area contributed by atoms with Crippen molar-refractivity contribution in [1.82, 2.24) is 10.3 Å². The molecular formula is C22H25N3O4. The number of fused-ring (bicyclic) bond motifs is 1. The van der Waals surface area contributed by atoms with Crippen LogP contribution in [0.1, 0.15) is 47.5 Å². The first-order valence-electron chi connectivity index (χ1n) is 10.3. The molecule has 7 nitrogen and oxygen atoms in total. The van der Waals surface area contributed by atoms with Gasteiger partial charge in [-0.3, -0.25) is 0 Å². The first kappa shape index (κ1) is 18.2. The molecule has 2 aliphatic heterocycles. The van der Waals surface area contributed by atoms with Gasteiger partial charge in [0, 0.05) is 6.54 Å². The SMILES string of the molecule is O=C1OCNc2nc(-c3c(O)cccc3OCC3CC3)cc([C@@H]3CCCNC3)c21. The molecule has 29 heavy (non-hydrogen) atoms. The van der Waals surface area contributed by atoms with Crippen molar-refractivity contribution in [3.8, 4) is 22.8 Å². The number of aromatic nitrogens is 1. The molecule has 3 heterocycles. The van der Waals surface area contributed by atoms with E-state index in [1.165, 1.54) is 12.8 Å². The van der Waals surface area contributed by atoms with Crippen LogP contribution in [0.25, 0.3) is 11.3 Å². The number of rotatable bonds is 5. The van der Waals surface area contributed by atoms with E-state index in [2.05, 4.69) is 15.6 Å². The van der Waals surface area contributed by atoms with Gasteiger partial charge in [0.1, 0.15) is 22.9 Å². The van der Waals surface area contributed by atoms with Crippen molar-refractivity contribution in [3.63, 3.8) is 0 Å². The van der Waals surface area contributed by atoms with Gasteiger partial charge in [-0.15, -0.1) is 0 Å². The zero-order valence-corrected chi connectivity index (χ0v) is 16.2. The highest BCUT2D eigenvalue weighted by atomic mass is 16.5. The monoisotopic (exact) mass is 395 g/mol. The molecule has 152 valence electrons. The minimum absolute atomic E-state index is 0.0937. The van der Waals surface area contributed by atoms with Crippen LogP contribution in [-0.2, 0) is 4.74 Å². The number of nitrogens with zero attached hydrogens (tertiary/aromatic N) is 1. The van der Waals surface area contributed by atoms with Gasteiger partial charge in [-0.25, -0.2) is 9.78 Å². The maximum Gasteiger partial charge on any atom is 0.343 e. The van der Waals surface area contributed by atoms with Gasteiger partial charge in [-0.2, -0.15) is 0 Å². The molecule has 2 aromatic rings. The summed E-state index contributed by atoms with van der Waals surface area (Å²) >= 11 is 0. The van der Waals surface area contributed by atoms with Gasteiger partial charge in [-0.1, -0.05) is 6.07 Å². The molecule has 1 saturated carbocycles. The van der Waals surface area contributed by atoms with Gasteiger partial charge < -0.3 is 25.2 Å². The molecule has 0 spiro atoms. The van der Waals surface area contributed by atoms with E-state index in [1.807, 2.05) is 12.1 Å². The number of phenols is 1. The Kier molecular flexibility index (Phi) is 4.75. The predicted octanol–water partition coefficient (Wildman–Crippen LogP) is 3.25. The van der Waals surface area contributed by atoms with E-state index in [1.54, 1.807) is 12.1 Å². The second kappa shape index (κ2) is 7.55. The fourth-order valence-electron chi connectivity index (χ4n) is 4.11. The molecule has 3 aliphatic rings. The van der Waals surface area contributed by atoms with Crippen LogP contribution in [0.3, 0.4) is 0 Å². The van der Waals surface area contributed by atoms with E-state index in [4.69, 9.17) is 9.47 Å². The minimum Gasteiger partial charge on any atom is -0.507 e. The minimum atomic E-state index is -0.346. The fraction of sp³-hybridized carbons (Fsp3) is 0.455. The van der Waals surface area contributed by atoms with E-state index < -0.39 is 0 Å². The lowest BCUT2D eigenvalue weighted by atomic mass is 9.87. The van der Waals surface area contributed by atoms with Crippen molar-refractivity contribution in [1.29, 1.82) is 0 Å². The maximum absolute atomic E-state index is 12.5. The van der Waals surface area contributed by atoms with Crippen LogP contribution < -0.4 is 15.4 Å². The van der Waals surface area contributed by atoms with Crippen LogP contribution in [0.2, 0.25) is 0 Å². The lowest BCUT2D eigenvalue weighted by Crippen LogP contribution is -2.31. The number of ether oxygens (including phenoxy) is 2. The molecular weight excluding hydrogens is 370 g/mol. The Morgan fingerprint density at radius 2 is 2.14 bits per heavy atom. The molecule has 5 rings (SSSR count). The van der Waals surface area contributed by atoms with Crippen molar-refractivity contribution < 1.29 is 19.4 Å². The normalized spacial score (nSPS) is 21.1. The molecule has 1 saturated heterocycles. The lowest BCUT2D eigenvalue weighted by molar-refractivity contribution is 0.0514. The molecule has 1 aromatic heterocycles. The summed E-state index contributed by atoms with van der Waals surface area (Å²) in [5, 5.41) is 17.1. The van der Waals surface area contributed by atoms with E-state index in [0.717, 1.165) is 31.5 Å². The molecule has 0 amide bonds. The number of nitrogens with one attached hydrogen (secondary N) is 2. The fourth-order valence-corrected chi connectivity index (χ4v) is 4.11. The molecule has 2 fully saturated rings. The standard InChI is InChI=1S/C22H25N3O4/c26-17-4-1-5-18(28-11-13-6-7-13)20(17)16-9-15(14-3-2-8-23-10-14)19-21(25-16)24-12-29-22(19)27/h1,4-5,9,13-14,23,26H,2-3,6-8,10-12H2,(H,24,25)/t14-/m1/s1. The van der Waals surface area contributed by atoms with Gasteiger partial charge in [0.05, 0.1) is 17.9 Å². The van der Waals surface area contributed by atoms with Crippen LogP contribution in [0.4, 0.5) is 5.82 Å². The van der Waals surface area contributed by atoms with Gasteiger partial charge in [0.25, 0.3) is 0 Å². The van der Waals surface area contributed by atoms with E-state index in [0.29, 0.717) is 40.9 Å². The van der Waals surface area contributed by atoms with Crippen LogP contribution in [0.15, 0.2) is 24.3 Å². The van der Waals surface area contributed by atoms with Gasteiger partial charge >= 0.3 is 5.97 Å². The van der Waals surface area contributed by atoms with Crippen molar-refractivity contribution in [2.75, 3.05) is 31.7 Å². The highest BCUT2D eigenvalue weighted by Gasteiger charge is 2.31. The van der Waals surface area contributed by atoms with Crippen LogP contribution in [0.5, 0.6) is 11.5 Å². The number of phenolic OH excluding ortho intramolecular Hbond substituents is 1. The Morgan fingerprint density at radius 3 is 2.93 bits per heavy atom. The lowest BCUT2D eigenvalue weighted by Gasteiger charge is -2.28. The van der Waals surface area contributed by atoms with Crippen molar-refractivity contribution >= 4 is 11.8 Å². The summed E-state index contributed by atoms with van der Waals surface area (Å²) in [6, 6.07) is 7.21. The third kappa shape index (κ3) is 3.62. The smallest absolute Gasteiger partial charge is 0.343 e. The molecule has 0 unspecified atom stereocenters.